The Morgan fingerprint density at radius 3 is 2.58 bits per heavy atom. The van der Waals surface area contributed by atoms with E-state index in [0.29, 0.717) is 6.04 Å². The highest BCUT2D eigenvalue weighted by atomic mass is 16.2. The van der Waals surface area contributed by atoms with E-state index >= 15 is 0 Å². The van der Waals surface area contributed by atoms with Gasteiger partial charge in [0.2, 0.25) is 0 Å². The van der Waals surface area contributed by atoms with E-state index in [1.807, 2.05) is 24.0 Å². The van der Waals surface area contributed by atoms with Crippen LogP contribution < -0.4 is 5.32 Å². The summed E-state index contributed by atoms with van der Waals surface area (Å²) in [6, 6.07) is 8.47. The Balaban J connectivity index is 2.01. The average molecular weight is 260 g/mol. The molecule has 3 heteroatoms. The smallest absolute Gasteiger partial charge is 0.253 e. The van der Waals surface area contributed by atoms with Crippen LogP contribution in [-0.2, 0) is 6.42 Å². The van der Waals surface area contributed by atoms with Gasteiger partial charge >= 0.3 is 0 Å². The minimum atomic E-state index is 0.152. The number of rotatable bonds is 5. The topological polar surface area (TPSA) is 32.3 Å². The lowest BCUT2D eigenvalue weighted by Gasteiger charge is -2.24. The number of aryl methyl sites for hydroxylation is 1. The Morgan fingerprint density at radius 2 is 2.05 bits per heavy atom. The summed E-state index contributed by atoms with van der Waals surface area (Å²) < 4.78 is 0. The molecule has 1 heterocycles. The molecule has 2 rings (SSSR count). The first-order valence-corrected chi connectivity index (χ1v) is 7.36. The van der Waals surface area contributed by atoms with Gasteiger partial charge in [-0.3, -0.25) is 4.79 Å². The van der Waals surface area contributed by atoms with Crippen LogP contribution in [0.15, 0.2) is 24.3 Å². The van der Waals surface area contributed by atoms with Crippen molar-refractivity contribution in [2.75, 3.05) is 19.6 Å². The van der Waals surface area contributed by atoms with Gasteiger partial charge in [-0.05, 0) is 50.4 Å². The lowest BCUT2D eigenvalue weighted by Crippen LogP contribution is -2.41. The van der Waals surface area contributed by atoms with E-state index in [-0.39, 0.29) is 5.91 Å². The lowest BCUT2D eigenvalue weighted by molar-refractivity contribution is 0.0751. The Labute approximate surface area is 116 Å². The van der Waals surface area contributed by atoms with Crippen LogP contribution in [0.4, 0.5) is 0 Å². The molecule has 1 atom stereocenters. The standard InChI is InChI=1S/C16H24N2O/c1-3-13-7-9-14(10-8-13)16(19)18(4-2)12-15-6-5-11-17-15/h7-10,15,17H,3-6,11-12H2,1-2H3. The fourth-order valence-electron chi connectivity index (χ4n) is 2.60. The third-order valence-corrected chi connectivity index (χ3v) is 3.88. The molecule has 1 aromatic rings. The van der Waals surface area contributed by atoms with Crippen molar-refractivity contribution in [2.24, 2.45) is 0 Å². The van der Waals surface area contributed by atoms with Crippen molar-refractivity contribution >= 4 is 5.91 Å². The van der Waals surface area contributed by atoms with E-state index in [4.69, 9.17) is 0 Å². The van der Waals surface area contributed by atoms with Crippen LogP contribution in [0.1, 0.15) is 42.6 Å². The van der Waals surface area contributed by atoms with E-state index in [9.17, 15) is 4.79 Å². The fraction of sp³-hybridized carbons (Fsp3) is 0.562. The van der Waals surface area contributed by atoms with E-state index in [1.165, 1.54) is 18.4 Å². The molecule has 1 aliphatic rings. The van der Waals surface area contributed by atoms with Crippen LogP contribution in [0.2, 0.25) is 0 Å². The predicted octanol–water partition coefficient (Wildman–Crippen LogP) is 2.46. The van der Waals surface area contributed by atoms with Crippen LogP contribution >= 0.6 is 0 Å². The third kappa shape index (κ3) is 3.57. The summed E-state index contributed by atoms with van der Waals surface area (Å²) in [5.41, 5.74) is 2.08. The molecule has 104 valence electrons. The van der Waals surface area contributed by atoms with E-state index in [1.54, 1.807) is 0 Å². The number of hydrogen-bond acceptors (Lipinski definition) is 2. The second-order valence-corrected chi connectivity index (χ2v) is 5.19. The van der Waals surface area contributed by atoms with Gasteiger partial charge < -0.3 is 10.2 Å². The minimum Gasteiger partial charge on any atom is -0.337 e. The van der Waals surface area contributed by atoms with Crippen molar-refractivity contribution < 1.29 is 4.79 Å². The van der Waals surface area contributed by atoms with Gasteiger partial charge in [0.25, 0.3) is 5.91 Å². The molecule has 1 saturated heterocycles. The largest absolute Gasteiger partial charge is 0.337 e. The number of nitrogens with one attached hydrogen (secondary N) is 1. The Kier molecular flexibility index (Phi) is 4.97. The van der Waals surface area contributed by atoms with Gasteiger partial charge in [-0.2, -0.15) is 0 Å². The first-order valence-electron chi connectivity index (χ1n) is 7.36. The SMILES string of the molecule is CCc1ccc(C(=O)N(CC)CC2CCCN2)cc1. The number of carbonyl (C=O) groups is 1. The zero-order valence-corrected chi connectivity index (χ0v) is 12.0. The summed E-state index contributed by atoms with van der Waals surface area (Å²) in [4.78, 5) is 14.4. The summed E-state index contributed by atoms with van der Waals surface area (Å²) in [5, 5.41) is 3.45. The Hall–Kier alpha value is -1.35. The third-order valence-electron chi connectivity index (χ3n) is 3.88. The second kappa shape index (κ2) is 6.71. The molecule has 1 amide bonds. The number of carbonyl (C=O) groups excluding carboxylic acids is 1. The molecular formula is C16H24N2O. The van der Waals surface area contributed by atoms with Gasteiger partial charge in [0, 0.05) is 24.7 Å². The summed E-state index contributed by atoms with van der Waals surface area (Å²) in [7, 11) is 0. The number of likely N-dealkylation sites (N-methyl/N-ethyl adjacent to an activating group) is 1. The molecule has 1 aliphatic heterocycles. The number of amides is 1. The molecule has 1 unspecified atom stereocenters. The van der Waals surface area contributed by atoms with Gasteiger partial charge in [-0.15, -0.1) is 0 Å². The van der Waals surface area contributed by atoms with Gasteiger partial charge in [0.1, 0.15) is 0 Å². The highest BCUT2D eigenvalue weighted by molar-refractivity contribution is 5.94. The number of benzene rings is 1. The van der Waals surface area contributed by atoms with Crippen LogP contribution in [0.3, 0.4) is 0 Å². The zero-order valence-electron chi connectivity index (χ0n) is 12.0. The van der Waals surface area contributed by atoms with Crippen molar-refractivity contribution in [3.63, 3.8) is 0 Å². The van der Waals surface area contributed by atoms with Crippen LogP contribution in [0.5, 0.6) is 0 Å². The highest BCUT2D eigenvalue weighted by Crippen LogP contribution is 2.11. The molecule has 1 fully saturated rings. The molecule has 0 radical (unpaired) electrons. The maximum atomic E-state index is 12.5. The molecule has 0 saturated carbocycles. The van der Waals surface area contributed by atoms with E-state index in [2.05, 4.69) is 24.4 Å². The monoisotopic (exact) mass is 260 g/mol. The molecule has 1 N–H and O–H groups in total. The summed E-state index contributed by atoms with van der Waals surface area (Å²) in [6.07, 6.45) is 3.41. The minimum absolute atomic E-state index is 0.152. The molecule has 0 aliphatic carbocycles. The number of nitrogens with zero attached hydrogens (tertiary/aromatic N) is 1. The predicted molar refractivity (Wildman–Crippen MR) is 78.4 cm³/mol. The average Bonchev–Trinajstić information content (AvgIpc) is 2.97. The van der Waals surface area contributed by atoms with Crippen LogP contribution in [0.25, 0.3) is 0 Å². The molecule has 19 heavy (non-hydrogen) atoms. The van der Waals surface area contributed by atoms with Gasteiger partial charge in [0.15, 0.2) is 0 Å². The molecular weight excluding hydrogens is 236 g/mol. The van der Waals surface area contributed by atoms with Gasteiger partial charge in [0.05, 0.1) is 0 Å². The Morgan fingerprint density at radius 1 is 1.32 bits per heavy atom. The fourth-order valence-corrected chi connectivity index (χ4v) is 2.60. The quantitative estimate of drug-likeness (QED) is 0.882. The highest BCUT2D eigenvalue weighted by Gasteiger charge is 2.21. The zero-order chi connectivity index (χ0) is 13.7. The van der Waals surface area contributed by atoms with Crippen LogP contribution in [-0.4, -0.2) is 36.5 Å². The molecule has 0 aromatic heterocycles. The summed E-state index contributed by atoms with van der Waals surface area (Å²) >= 11 is 0. The van der Waals surface area contributed by atoms with E-state index in [0.717, 1.165) is 31.6 Å². The van der Waals surface area contributed by atoms with Crippen LogP contribution in [0, 0.1) is 0 Å². The summed E-state index contributed by atoms with van der Waals surface area (Å²) in [6.45, 7) is 6.85. The van der Waals surface area contributed by atoms with Crippen molar-refractivity contribution in [1.29, 1.82) is 0 Å². The van der Waals surface area contributed by atoms with Crippen molar-refractivity contribution in [2.45, 2.75) is 39.2 Å². The van der Waals surface area contributed by atoms with Crippen molar-refractivity contribution in [3.8, 4) is 0 Å². The maximum Gasteiger partial charge on any atom is 0.253 e. The normalized spacial score (nSPS) is 18.5. The Bertz CT molecular complexity index is 407. The molecule has 3 nitrogen and oxygen atoms in total. The molecule has 1 aromatic carbocycles. The first kappa shape index (κ1) is 14.1. The van der Waals surface area contributed by atoms with Crippen molar-refractivity contribution in [1.82, 2.24) is 10.2 Å². The van der Waals surface area contributed by atoms with E-state index < -0.39 is 0 Å². The lowest BCUT2D eigenvalue weighted by atomic mass is 10.1. The van der Waals surface area contributed by atoms with Gasteiger partial charge in [-0.1, -0.05) is 19.1 Å². The maximum absolute atomic E-state index is 12.5. The van der Waals surface area contributed by atoms with Crippen molar-refractivity contribution in [3.05, 3.63) is 35.4 Å². The second-order valence-electron chi connectivity index (χ2n) is 5.19. The molecule has 0 spiro atoms. The van der Waals surface area contributed by atoms with Gasteiger partial charge in [-0.25, -0.2) is 0 Å². The number of hydrogen-bond donors (Lipinski definition) is 1. The molecule has 0 bridgehead atoms. The summed E-state index contributed by atoms with van der Waals surface area (Å²) in [5.74, 6) is 0.152. The first-order chi connectivity index (χ1) is 9.24.